The zero-order valence-corrected chi connectivity index (χ0v) is 22.4. The second-order valence-corrected chi connectivity index (χ2v) is 14.7. The van der Waals surface area contributed by atoms with Crippen LogP contribution in [0, 0.1) is 17.6 Å². The van der Waals surface area contributed by atoms with E-state index in [0.717, 1.165) is 31.6 Å². The number of hydrogen-bond acceptors (Lipinski definition) is 7. The summed E-state index contributed by atoms with van der Waals surface area (Å²) in [7, 11) is -7.78. The van der Waals surface area contributed by atoms with Gasteiger partial charge in [-0.3, -0.25) is 0 Å². The molecule has 37 heavy (non-hydrogen) atoms. The van der Waals surface area contributed by atoms with Crippen LogP contribution in [0.2, 0.25) is 5.02 Å². The maximum atomic E-state index is 15.4. The summed E-state index contributed by atoms with van der Waals surface area (Å²) < 4.78 is 93.9. The largest absolute Gasteiger partial charge is 0.490 e. The maximum absolute atomic E-state index is 15.4. The Balaban J connectivity index is 1.53. The van der Waals surface area contributed by atoms with Crippen molar-refractivity contribution in [3.63, 3.8) is 0 Å². The second kappa shape index (κ2) is 10.1. The Morgan fingerprint density at radius 2 is 1.70 bits per heavy atom. The van der Waals surface area contributed by atoms with Crippen molar-refractivity contribution in [2.45, 2.75) is 35.0 Å². The van der Waals surface area contributed by atoms with E-state index in [1.54, 1.807) is 0 Å². The van der Waals surface area contributed by atoms with Gasteiger partial charge in [-0.05, 0) is 68.8 Å². The van der Waals surface area contributed by atoms with Crippen molar-refractivity contribution in [3.05, 3.63) is 58.6 Å². The number of hydrogen-bond donors (Lipinski definition) is 0. The highest BCUT2D eigenvalue weighted by atomic mass is 35.5. The Bertz CT molecular complexity index is 1380. The number of fused-ring (bicyclic) bond motifs is 3. The molecule has 12 heteroatoms. The van der Waals surface area contributed by atoms with Crippen molar-refractivity contribution in [3.8, 4) is 5.75 Å². The Morgan fingerprint density at radius 1 is 1.00 bits per heavy atom. The van der Waals surface area contributed by atoms with Crippen LogP contribution in [0.15, 0.2) is 41.3 Å². The van der Waals surface area contributed by atoms with Gasteiger partial charge in [0.25, 0.3) is 0 Å². The van der Waals surface area contributed by atoms with E-state index in [9.17, 15) is 21.2 Å². The summed E-state index contributed by atoms with van der Waals surface area (Å²) in [5.74, 6) is -3.37. The minimum Gasteiger partial charge on any atom is -0.490 e. The summed E-state index contributed by atoms with van der Waals surface area (Å²) in [4.78, 5) is 1.96. The van der Waals surface area contributed by atoms with E-state index in [1.807, 2.05) is 0 Å². The Labute approximate surface area is 220 Å². The number of likely N-dealkylation sites (tertiary alicyclic amines) is 1. The fourth-order valence-electron chi connectivity index (χ4n) is 5.61. The second-order valence-electron chi connectivity index (χ2n) is 9.79. The topological polar surface area (TPSA) is 90.0 Å². The van der Waals surface area contributed by atoms with E-state index < -0.39 is 53.8 Å². The number of halogens is 3. The molecule has 202 valence electrons. The zero-order valence-electron chi connectivity index (χ0n) is 20.0. The molecule has 2 aromatic rings. The zero-order chi connectivity index (χ0) is 26.4. The van der Waals surface area contributed by atoms with Gasteiger partial charge in [0.2, 0.25) is 0 Å². The summed E-state index contributed by atoms with van der Waals surface area (Å²) in [6, 6.07) is 7.30. The van der Waals surface area contributed by atoms with Crippen LogP contribution in [0.3, 0.4) is 0 Å². The van der Waals surface area contributed by atoms with Crippen molar-refractivity contribution >= 4 is 31.3 Å². The molecule has 0 spiro atoms. The predicted octanol–water partition coefficient (Wildman–Crippen LogP) is 3.60. The highest BCUT2D eigenvalue weighted by molar-refractivity contribution is 7.92. The lowest BCUT2D eigenvalue weighted by molar-refractivity contribution is -0.0732. The van der Waals surface area contributed by atoms with E-state index >= 15 is 4.39 Å². The molecule has 0 bridgehead atoms. The Morgan fingerprint density at radius 3 is 2.38 bits per heavy atom. The molecule has 5 rings (SSSR count). The highest BCUT2D eigenvalue weighted by Gasteiger charge is 2.61. The third kappa shape index (κ3) is 4.78. The van der Waals surface area contributed by atoms with Crippen LogP contribution in [-0.4, -0.2) is 72.2 Å². The first-order valence-electron chi connectivity index (χ1n) is 12.2. The van der Waals surface area contributed by atoms with E-state index in [1.165, 1.54) is 24.3 Å². The molecule has 0 amide bonds. The fraction of sp³-hybridized carbons (Fsp3) is 0.520. The summed E-state index contributed by atoms with van der Waals surface area (Å²) in [6.45, 7) is 1.88. The molecule has 3 unspecified atom stereocenters. The minimum atomic E-state index is -4.34. The molecule has 0 saturated carbocycles. The molecule has 0 aliphatic carbocycles. The normalized spacial score (nSPS) is 26.0. The first-order chi connectivity index (χ1) is 17.5. The molecule has 3 aliphatic rings. The number of benzene rings is 2. The van der Waals surface area contributed by atoms with Gasteiger partial charge >= 0.3 is 0 Å². The Kier molecular flexibility index (Phi) is 7.29. The van der Waals surface area contributed by atoms with Gasteiger partial charge in [0.1, 0.15) is 10.6 Å². The van der Waals surface area contributed by atoms with Gasteiger partial charge in [-0.2, -0.15) is 0 Å². The van der Waals surface area contributed by atoms with Crippen molar-refractivity contribution in [1.29, 1.82) is 0 Å². The van der Waals surface area contributed by atoms with Crippen molar-refractivity contribution < 1.29 is 35.1 Å². The fourth-order valence-corrected chi connectivity index (χ4v) is 9.41. The summed E-state index contributed by atoms with van der Waals surface area (Å²) in [6.07, 6.45) is 0.0730. The van der Waals surface area contributed by atoms with Crippen LogP contribution >= 0.6 is 11.6 Å². The quantitative estimate of drug-likeness (QED) is 0.475. The van der Waals surface area contributed by atoms with Crippen molar-refractivity contribution in [1.82, 2.24) is 4.90 Å². The van der Waals surface area contributed by atoms with Gasteiger partial charge < -0.3 is 14.4 Å². The van der Waals surface area contributed by atoms with Crippen LogP contribution in [0.25, 0.3) is 0 Å². The molecule has 3 heterocycles. The SMILES string of the molecule is O=S(=O)(CCC1OCCC2(S(=O)(=O)c3ccc(Cl)cc3)c3c(F)ccc(F)c3OCC12)CCN1CCC1. The van der Waals surface area contributed by atoms with Gasteiger partial charge in [0.05, 0.1) is 34.7 Å². The molecule has 3 aliphatic heterocycles. The van der Waals surface area contributed by atoms with Gasteiger partial charge in [-0.1, -0.05) is 11.6 Å². The predicted molar refractivity (Wildman–Crippen MR) is 134 cm³/mol. The standard InChI is InChI=1S/C25H28ClF2NO6S2/c26-17-2-4-18(5-3-17)37(32,33)25-9-13-34-22(8-14-36(30,31)15-12-29-10-1-11-29)19(25)16-35-24-21(28)7-6-20(27)23(24)25/h2-7,19,22H,1,8-16H2. The number of nitrogens with zero attached hydrogens (tertiary/aromatic N) is 1. The lowest BCUT2D eigenvalue weighted by Gasteiger charge is -2.50. The molecule has 0 aromatic heterocycles. The molecule has 0 N–H and O–H groups in total. The number of rotatable bonds is 8. The van der Waals surface area contributed by atoms with Crippen LogP contribution < -0.4 is 4.74 Å². The lowest BCUT2D eigenvalue weighted by atomic mass is 9.75. The molecule has 2 fully saturated rings. The molecule has 7 nitrogen and oxygen atoms in total. The molecular formula is C25H28ClF2NO6S2. The highest BCUT2D eigenvalue weighted by Crippen LogP contribution is 2.55. The maximum Gasteiger partial charge on any atom is 0.189 e. The lowest BCUT2D eigenvalue weighted by Crippen LogP contribution is -2.57. The van der Waals surface area contributed by atoms with Gasteiger partial charge in [-0.25, -0.2) is 25.6 Å². The van der Waals surface area contributed by atoms with Gasteiger partial charge in [0, 0.05) is 24.1 Å². The third-order valence-corrected chi connectivity index (χ3v) is 12.2. The van der Waals surface area contributed by atoms with Crippen molar-refractivity contribution in [2.24, 2.45) is 5.92 Å². The average molecular weight is 576 g/mol. The molecule has 3 atom stereocenters. The van der Waals surface area contributed by atoms with Crippen LogP contribution in [-0.2, 0) is 29.2 Å². The first kappa shape index (κ1) is 26.8. The van der Waals surface area contributed by atoms with E-state index in [0.29, 0.717) is 11.6 Å². The van der Waals surface area contributed by atoms with Crippen molar-refractivity contribution in [2.75, 3.05) is 44.4 Å². The molecule has 0 radical (unpaired) electrons. The molecule has 2 aromatic carbocycles. The minimum absolute atomic E-state index is 0.00221. The van der Waals surface area contributed by atoms with E-state index in [-0.39, 0.29) is 48.0 Å². The van der Waals surface area contributed by atoms with Gasteiger partial charge in [-0.15, -0.1) is 0 Å². The van der Waals surface area contributed by atoms with Crippen LogP contribution in [0.1, 0.15) is 24.8 Å². The summed E-state index contributed by atoms with van der Waals surface area (Å²) >= 11 is 5.97. The van der Waals surface area contributed by atoms with E-state index in [4.69, 9.17) is 21.1 Å². The van der Waals surface area contributed by atoms with Crippen LogP contribution in [0.5, 0.6) is 5.75 Å². The van der Waals surface area contributed by atoms with Crippen LogP contribution in [0.4, 0.5) is 8.78 Å². The first-order valence-corrected chi connectivity index (χ1v) is 15.9. The molecule has 2 saturated heterocycles. The number of ether oxygens (including phenoxy) is 2. The average Bonchev–Trinajstić information content (AvgIpc) is 2.83. The molecular weight excluding hydrogens is 548 g/mol. The van der Waals surface area contributed by atoms with Gasteiger partial charge in [0.15, 0.2) is 31.2 Å². The Hall–Kier alpha value is -1.79. The monoisotopic (exact) mass is 575 g/mol. The summed E-state index contributed by atoms with van der Waals surface area (Å²) in [5.41, 5.74) is -0.368. The number of sulfone groups is 2. The third-order valence-electron chi connectivity index (χ3n) is 7.73. The summed E-state index contributed by atoms with van der Waals surface area (Å²) in [5, 5.41) is 0.325. The van der Waals surface area contributed by atoms with E-state index in [2.05, 4.69) is 4.90 Å². The smallest absolute Gasteiger partial charge is 0.189 e.